The SMILES string of the molecule is CCC(CC)CN1CCC2(CCCCCOC[C@@H](C)NC(=O)[C@H](CC(C)C)NC2=O)CC1. The standard InChI is InChI=1S/C26H49N3O3/c1-6-22(7-2)18-29-14-12-26(13-15-29)11-9-8-10-16-32-19-21(5)27-24(30)23(17-20(3)4)28-25(26)31/h20-23H,6-19H2,1-5H3,(H,27,30)(H,28,31)/t21-,23+/m1/s1. The Labute approximate surface area is 196 Å². The number of amides is 2. The zero-order chi connectivity index (χ0) is 23.6. The van der Waals surface area contributed by atoms with Crippen LogP contribution in [0.4, 0.5) is 0 Å². The third-order valence-corrected chi connectivity index (χ3v) is 7.50. The summed E-state index contributed by atoms with van der Waals surface area (Å²) in [5.41, 5.74) is -0.351. The van der Waals surface area contributed by atoms with Gasteiger partial charge in [-0.05, 0) is 64.0 Å². The van der Waals surface area contributed by atoms with Crippen LogP contribution in [0.1, 0.15) is 92.4 Å². The molecule has 2 atom stereocenters. The summed E-state index contributed by atoms with van der Waals surface area (Å²) in [6.07, 6.45) is 8.91. The van der Waals surface area contributed by atoms with Crippen molar-refractivity contribution >= 4 is 11.8 Å². The van der Waals surface area contributed by atoms with Crippen molar-refractivity contribution in [3.63, 3.8) is 0 Å². The van der Waals surface area contributed by atoms with Gasteiger partial charge in [0.15, 0.2) is 0 Å². The summed E-state index contributed by atoms with van der Waals surface area (Å²) in [6, 6.07) is -0.536. The maximum Gasteiger partial charge on any atom is 0.242 e. The minimum Gasteiger partial charge on any atom is -0.379 e. The van der Waals surface area contributed by atoms with Crippen LogP contribution in [-0.2, 0) is 14.3 Å². The Kier molecular flexibility index (Phi) is 11.5. The van der Waals surface area contributed by atoms with Gasteiger partial charge in [-0.1, -0.05) is 53.4 Å². The Balaban J connectivity index is 2.14. The van der Waals surface area contributed by atoms with Gasteiger partial charge in [0.2, 0.25) is 11.8 Å². The first-order valence-electron chi connectivity index (χ1n) is 13.2. The van der Waals surface area contributed by atoms with Crippen LogP contribution < -0.4 is 10.6 Å². The molecule has 0 aromatic heterocycles. The monoisotopic (exact) mass is 451 g/mol. The molecule has 0 aromatic rings. The van der Waals surface area contributed by atoms with Crippen LogP contribution in [0.2, 0.25) is 0 Å². The number of rotatable bonds is 6. The summed E-state index contributed by atoms with van der Waals surface area (Å²) in [4.78, 5) is 29.2. The van der Waals surface area contributed by atoms with E-state index in [1.54, 1.807) is 0 Å². The first-order chi connectivity index (χ1) is 15.3. The van der Waals surface area contributed by atoms with Crippen molar-refractivity contribution in [2.24, 2.45) is 17.3 Å². The molecule has 6 nitrogen and oxygen atoms in total. The van der Waals surface area contributed by atoms with E-state index in [0.717, 1.165) is 70.7 Å². The fourth-order valence-electron chi connectivity index (χ4n) is 5.17. The Morgan fingerprint density at radius 2 is 1.72 bits per heavy atom. The molecule has 2 fully saturated rings. The van der Waals surface area contributed by atoms with Gasteiger partial charge in [0.25, 0.3) is 0 Å². The lowest BCUT2D eigenvalue weighted by Crippen LogP contribution is -2.56. The van der Waals surface area contributed by atoms with Crippen molar-refractivity contribution in [3.8, 4) is 0 Å². The first kappa shape index (κ1) is 27.1. The molecule has 2 saturated heterocycles. The summed E-state index contributed by atoms with van der Waals surface area (Å²) < 4.78 is 5.78. The largest absolute Gasteiger partial charge is 0.379 e. The summed E-state index contributed by atoms with van der Waals surface area (Å²) in [7, 11) is 0. The minimum absolute atomic E-state index is 0.0562. The molecular weight excluding hydrogens is 402 g/mol. The van der Waals surface area contributed by atoms with Gasteiger partial charge in [0, 0.05) is 19.2 Å². The highest BCUT2D eigenvalue weighted by atomic mass is 16.5. The van der Waals surface area contributed by atoms with Gasteiger partial charge in [0.05, 0.1) is 12.0 Å². The summed E-state index contributed by atoms with van der Waals surface area (Å²) in [6.45, 7) is 15.0. The number of nitrogens with zero attached hydrogens (tertiary/aromatic N) is 1. The lowest BCUT2D eigenvalue weighted by Gasteiger charge is -2.42. The van der Waals surface area contributed by atoms with Crippen molar-refractivity contribution in [2.75, 3.05) is 32.8 Å². The molecule has 0 aromatic carbocycles. The van der Waals surface area contributed by atoms with E-state index >= 15 is 0 Å². The van der Waals surface area contributed by atoms with Crippen LogP contribution in [0, 0.1) is 17.3 Å². The Morgan fingerprint density at radius 3 is 2.34 bits per heavy atom. The van der Waals surface area contributed by atoms with Crippen LogP contribution in [0.3, 0.4) is 0 Å². The van der Waals surface area contributed by atoms with E-state index in [4.69, 9.17) is 4.74 Å². The van der Waals surface area contributed by atoms with E-state index in [9.17, 15) is 9.59 Å². The van der Waals surface area contributed by atoms with E-state index in [0.29, 0.717) is 18.9 Å². The van der Waals surface area contributed by atoms with Crippen LogP contribution in [0.15, 0.2) is 0 Å². The van der Waals surface area contributed by atoms with Crippen molar-refractivity contribution < 1.29 is 14.3 Å². The zero-order valence-corrected chi connectivity index (χ0v) is 21.4. The van der Waals surface area contributed by atoms with Gasteiger partial charge in [-0.3, -0.25) is 9.59 Å². The molecule has 32 heavy (non-hydrogen) atoms. The molecule has 2 heterocycles. The molecule has 2 aliphatic heterocycles. The predicted molar refractivity (Wildman–Crippen MR) is 130 cm³/mol. The maximum absolute atomic E-state index is 13.7. The second-order valence-corrected chi connectivity index (χ2v) is 10.7. The quantitative estimate of drug-likeness (QED) is 0.637. The van der Waals surface area contributed by atoms with E-state index in [1.165, 1.54) is 12.8 Å². The van der Waals surface area contributed by atoms with E-state index < -0.39 is 6.04 Å². The molecule has 0 bridgehead atoms. The summed E-state index contributed by atoms with van der Waals surface area (Å²) in [5.74, 6) is 1.08. The normalized spacial score (nSPS) is 26.7. The fraction of sp³-hybridized carbons (Fsp3) is 0.923. The molecule has 1 spiro atoms. The second-order valence-electron chi connectivity index (χ2n) is 10.7. The van der Waals surface area contributed by atoms with Gasteiger partial charge >= 0.3 is 0 Å². The second kappa shape index (κ2) is 13.5. The molecule has 2 aliphatic rings. The van der Waals surface area contributed by atoms with E-state index in [1.807, 2.05) is 6.92 Å². The molecule has 0 aliphatic carbocycles. The highest BCUT2D eigenvalue weighted by Gasteiger charge is 2.42. The van der Waals surface area contributed by atoms with Crippen LogP contribution in [0.25, 0.3) is 0 Å². The zero-order valence-electron chi connectivity index (χ0n) is 21.4. The van der Waals surface area contributed by atoms with Crippen molar-refractivity contribution in [3.05, 3.63) is 0 Å². The minimum atomic E-state index is -0.479. The smallest absolute Gasteiger partial charge is 0.242 e. The average Bonchev–Trinajstić information content (AvgIpc) is 2.76. The predicted octanol–water partition coefficient (Wildman–Crippen LogP) is 4.13. The third-order valence-electron chi connectivity index (χ3n) is 7.50. The van der Waals surface area contributed by atoms with Gasteiger partial charge in [0.1, 0.15) is 6.04 Å². The molecule has 2 rings (SSSR count). The maximum atomic E-state index is 13.7. The van der Waals surface area contributed by atoms with Gasteiger partial charge in [-0.2, -0.15) is 0 Å². The Morgan fingerprint density at radius 1 is 1.03 bits per heavy atom. The number of nitrogens with one attached hydrogen (secondary N) is 2. The Bertz CT molecular complexity index is 569. The van der Waals surface area contributed by atoms with E-state index in [-0.39, 0.29) is 23.3 Å². The van der Waals surface area contributed by atoms with Crippen molar-refractivity contribution in [2.45, 2.75) is 104 Å². The molecule has 0 unspecified atom stereocenters. The molecule has 0 radical (unpaired) electrons. The van der Waals surface area contributed by atoms with Gasteiger partial charge in [-0.25, -0.2) is 0 Å². The topological polar surface area (TPSA) is 70.7 Å². The highest BCUT2D eigenvalue weighted by Crippen LogP contribution is 2.38. The van der Waals surface area contributed by atoms with Crippen molar-refractivity contribution in [1.82, 2.24) is 15.5 Å². The number of carbonyl (C=O) groups is 2. The molecule has 6 heteroatoms. The van der Waals surface area contributed by atoms with Gasteiger partial charge < -0.3 is 20.3 Å². The number of hydrogen-bond donors (Lipinski definition) is 2. The van der Waals surface area contributed by atoms with E-state index in [2.05, 4.69) is 43.2 Å². The van der Waals surface area contributed by atoms with Crippen LogP contribution in [0.5, 0.6) is 0 Å². The molecule has 186 valence electrons. The number of hydrogen-bond acceptors (Lipinski definition) is 4. The summed E-state index contributed by atoms with van der Waals surface area (Å²) in [5, 5.41) is 6.26. The Hall–Kier alpha value is -1.14. The lowest BCUT2D eigenvalue weighted by atomic mass is 9.73. The van der Waals surface area contributed by atoms with Crippen LogP contribution >= 0.6 is 0 Å². The average molecular weight is 452 g/mol. The van der Waals surface area contributed by atoms with Crippen LogP contribution in [-0.4, -0.2) is 61.6 Å². The first-order valence-corrected chi connectivity index (χ1v) is 13.2. The number of piperidine rings is 1. The fourth-order valence-corrected chi connectivity index (χ4v) is 5.17. The molecule has 0 saturated carbocycles. The van der Waals surface area contributed by atoms with Gasteiger partial charge in [-0.15, -0.1) is 0 Å². The molecule has 2 N–H and O–H groups in total. The molecule has 2 amide bonds. The number of carbonyl (C=O) groups excluding carboxylic acids is 2. The third kappa shape index (κ3) is 8.33. The highest BCUT2D eigenvalue weighted by molar-refractivity contribution is 5.90. The number of ether oxygens (including phenoxy) is 1. The lowest BCUT2D eigenvalue weighted by molar-refractivity contribution is -0.139. The number of likely N-dealkylation sites (tertiary alicyclic amines) is 1. The molecular formula is C26H49N3O3. The summed E-state index contributed by atoms with van der Waals surface area (Å²) >= 11 is 0. The van der Waals surface area contributed by atoms with Crippen molar-refractivity contribution in [1.29, 1.82) is 0 Å².